The third-order valence-corrected chi connectivity index (χ3v) is 5.50. The number of rotatable bonds is 7. The average Bonchev–Trinajstić information content (AvgIpc) is 3.41. The smallest absolute Gasteiger partial charge is 0.255 e. The summed E-state index contributed by atoms with van der Waals surface area (Å²) >= 11 is 1.25. The fourth-order valence-electron chi connectivity index (χ4n) is 2.88. The van der Waals surface area contributed by atoms with Crippen molar-refractivity contribution >= 4 is 35.0 Å². The van der Waals surface area contributed by atoms with Gasteiger partial charge >= 0.3 is 0 Å². The highest BCUT2D eigenvalue weighted by Gasteiger charge is 2.14. The molecule has 0 unspecified atom stereocenters. The predicted molar refractivity (Wildman–Crippen MR) is 119 cm³/mol. The van der Waals surface area contributed by atoms with Gasteiger partial charge in [0, 0.05) is 24.0 Å². The van der Waals surface area contributed by atoms with Gasteiger partial charge in [0.05, 0.1) is 5.75 Å². The van der Waals surface area contributed by atoms with E-state index in [9.17, 15) is 14.0 Å². The maximum atomic E-state index is 14.2. The summed E-state index contributed by atoms with van der Waals surface area (Å²) in [5.41, 5.74) is 1.26. The molecule has 2 heterocycles. The number of thioether (sulfide) groups is 1. The summed E-state index contributed by atoms with van der Waals surface area (Å²) in [6.45, 7) is 1.64. The van der Waals surface area contributed by atoms with Crippen LogP contribution < -0.4 is 10.6 Å². The minimum absolute atomic E-state index is 0.108. The number of tetrazole rings is 1. The van der Waals surface area contributed by atoms with E-state index < -0.39 is 11.7 Å². The quantitative estimate of drug-likeness (QED) is 0.396. The molecule has 0 saturated carbocycles. The standard InChI is InChI=1S/C20H18FN9O2S/c1-12-25-27-28-30(12)17-9-15(6-7-16(17)21)24-19(32)13-4-3-5-14(8-13)23-18(31)10-33-20-26-22-11-29(20)2/h3-9,11H,10H2,1-2H3,(H,23,31)(H,24,32). The van der Waals surface area contributed by atoms with Crippen molar-refractivity contribution in [2.24, 2.45) is 7.05 Å². The second kappa shape index (κ2) is 9.56. The maximum Gasteiger partial charge on any atom is 0.255 e. The van der Waals surface area contributed by atoms with Gasteiger partial charge in [-0.15, -0.1) is 15.3 Å². The van der Waals surface area contributed by atoms with Crippen molar-refractivity contribution < 1.29 is 14.0 Å². The molecule has 0 aliphatic carbocycles. The van der Waals surface area contributed by atoms with Crippen LogP contribution in [0.15, 0.2) is 53.9 Å². The monoisotopic (exact) mass is 467 g/mol. The number of aromatic nitrogens is 7. The van der Waals surface area contributed by atoms with Crippen LogP contribution in [-0.4, -0.2) is 52.5 Å². The molecular weight excluding hydrogens is 449 g/mol. The van der Waals surface area contributed by atoms with E-state index in [1.54, 1.807) is 49.1 Å². The molecule has 13 heteroatoms. The lowest BCUT2D eigenvalue weighted by molar-refractivity contribution is -0.113. The number of nitrogens with zero attached hydrogens (tertiary/aromatic N) is 7. The minimum Gasteiger partial charge on any atom is -0.325 e. The van der Waals surface area contributed by atoms with Crippen LogP contribution in [0, 0.1) is 12.7 Å². The topological polar surface area (TPSA) is 133 Å². The molecule has 0 aliphatic rings. The Morgan fingerprint density at radius 1 is 1.09 bits per heavy atom. The van der Waals surface area contributed by atoms with E-state index in [0.29, 0.717) is 27.9 Å². The first-order valence-electron chi connectivity index (χ1n) is 9.63. The number of benzene rings is 2. The second-order valence-corrected chi connectivity index (χ2v) is 7.84. The summed E-state index contributed by atoms with van der Waals surface area (Å²) in [7, 11) is 1.79. The first kappa shape index (κ1) is 22.1. The number of carbonyl (C=O) groups is 2. The fraction of sp³-hybridized carbons (Fsp3) is 0.150. The molecule has 0 aliphatic heterocycles. The number of hydrogen-bond acceptors (Lipinski definition) is 8. The molecular formula is C20H18FN9O2S. The first-order chi connectivity index (χ1) is 15.9. The van der Waals surface area contributed by atoms with Gasteiger partial charge in [-0.3, -0.25) is 9.59 Å². The van der Waals surface area contributed by atoms with Crippen molar-refractivity contribution in [1.29, 1.82) is 0 Å². The second-order valence-electron chi connectivity index (χ2n) is 6.90. The fourth-order valence-corrected chi connectivity index (χ4v) is 3.57. The summed E-state index contributed by atoms with van der Waals surface area (Å²) in [6.07, 6.45) is 1.55. The van der Waals surface area contributed by atoms with E-state index in [4.69, 9.17) is 0 Å². The van der Waals surface area contributed by atoms with Crippen LogP contribution in [0.4, 0.5) is 15.8 Å². The lowest BCUT2D eigenvalue weighted by atomic mass is 10.1. The Labute approximate surface area is 191 Å². The summed E-state index contributed by atoms with van der Waals surface area (Å²) in [5, 5.41) is 24.8. The number of hydrogen-bond donors (Lipinski definition) is 2. The van der Waals surface area contributed by atoms with E-state index in [-0.39, 0.29) is 17.3 Å². The lowest BCUT2D eigenvalue weighted by Crippen LogP contribution is -2.16. The lowest BCUT2D eigenvalue weighted by Gasteiger charge is -2.10. The molecule has 0 fully saturated rings. The molecule has 4 aromatic rings. The van der Waals surface area contributed by atoms with Gasteiger partial charge in [0.25, 0.3) is 5.91 Å². The van der Waals surface area contributed by atoms with E-state index in [1.807, 2.05) is 0 Å². The van der Waals surface area contributed by atoms with Crippen LogP contribution in [0.3, 0.4) is 0 Å². The largest absolute Gasteiger partial charge is 0.325 e. The van der Waals surface area contributed by atoms with Gasteiger partial charge in [0.15, 0.2) is 11.0 Å². The molecule has 2 amide bonds. The Balaban J connectivity index is 1.42. The highest BCUT2D eigenvalue weighted by molar-refractivity contribution is 7.99. The van der Waals surface area contributed by atoms with Crippen molar-refractivity contribution in [2.45, 2.75) is 12.1 Å². The number of halogens is 1. The number of anilines is 2. The van der Waals surface area contributed by atoms with E-state index >= 15 is 0 Å². The number of nitrogens with one attached hydrogen (secondary N) is 2. The third kappa shape index (κ3) is 5.20. The molecule has 0 bridgehead atoms. The Kier molecular flexibility index (Phi) is 6.40. The Morgan fingerprint density at radius 2 is 1.91 bits per heavy atom. The third-order valence-electron chi connectivity index (χ3n) is 4.47. The van der Waals surface area contributed by atoms with Gasteiger partial charge in [-0.05, 0) is 53.7 Å². The molecule has 0 atom stereocenters. The molecule has 2 aromatic heterocycles. The molecule has 0 radical (unpaired) electrons. The Bertz CT molecular complexity index is 1320. The van der Waals surface area contributed by atoms with Crippen LogP contribution >= 0.6 is 11.8 Å². The molecule has 2 N–H and O–H groups in total. The molecule has 168 valence electrons. The van der Waals surface area contributed by atoms with E-state index in [0.717, 1.165) is 0 Å². The van der Waals surface area contributed by atoms with Crippen molar-refractivity contribution in [3.05, 3.63) is 66.0 Å². The summed E-state index contributed by atoms with van der Waals surface area (Å²) in [5.74, 6) is -0.672. The van der Waals surface area contributed by atoms with Gasteiger partial charge in [-0.25, -0.2) is 4.39 Å². The Morgan fingerprint density at radius 3 is 2.64 bits per heavy atom. The maximum absolute atomic E-state index is 14.2. The zero-order valence-electron chi connectivity index (χ0n) is 17.6. The van der Waals surface area contributed by atoms with Crippen molar-refractivity contribution in [3.8, 4) is 5.69 Å². The van der Waals surface area contributed by atoms with E-state index in [1.165, 1.54) is 34.6 Å². The molecule has 0 spiro atoms. The van der Waals surface area contributed by atoms with Crippen LogP contribution in [0.5, 0.6) is 0 Å². The molecule has 11 nitrogen and oxygen atoms in total. The predicted octanol–water partition coefficient (Wildman–Crippen LogP) is 2.22. The van der Waals surface area contributed by atoms with Crippen LogP contribution in [0.25, 0.3) is 5.69 Å². The van der Waals surface area contributed by atoms with Crippen LogP contribution in [-0.2, 0) is 11.8 Å². The summed E-state index contributed by atoms with van der Waals surface area (Å²) < 4.78 is 17.2. The molecule has 2 aromatic carbocycles. The average molecular weight is 467 g/mol. The van der Waals surface area contributed by atoms with Crippen LogP contribution in [0.2, 0.25) is 0 Å². The normalized spacial score (nSPS) is 10.8. The number of aryl methyl sites for hydroxylation is 2. The zero-order chi connectivity index (χ0) is 23.4. The van der Waals surface area contributed by atoms with E-state index in [2.05, 4.69) is 36.4 Å². The SMILES string of the molecule is Cc1nnnn1-c1cc(NC(=O)c2cccc(NC(=O)CSc3nncn3C)c2)ccc1F. The summed E-state index contributed by atoms with van der Waals surface area (Å²) in [4.78, 5) is 25.0. The molecule has 4 rings (SSSR count). The van der Waals surface area contributed by atoms with Gasteiger partial charge in [0.2, 0.25) is 5.91 Å². The Hall–Kier alpha value is -4.13. The number of amides is 2. The van der Waals surface area contributed by atoms with Crippen LogP contribution in [0.1, 0.15) is 16.2 Å². The molecule has 0 saturated heterocycles. The van der Waals surface area contributed by atoms with Gasteiger partial charge in [-0.1, -0.05) is 17.8 Å². The highest BCUT2D eigenvalue weighted by Crippen LogP contribution is 2.20. The van der Waals surface area contributed by atoms with Crippen molar-refractivity contribution in [3.63, 3.8) is 0 Å². The van der Waals surface area contributed by atoms with Gasteiger partial charge in [-0.2, -0.15) is 4.68 Å². The minimum atomic E-state index is -0.535. The highest BCUT2D eigenvalue weighted by atomic mass is 32.2. The van der Waals surface area contributed by atoms with Crippen molar-refractivity contribution in [1.82, 2.24) is 35.0 Å². The molecule has 33 heavy (non-hydrogen) atoms. The van der Waals surface area contributed by atoms with Gasteiger partial charge < -0.3 is 15.2 Å². The zero-order valence-corrected chi connectivity index (χ0v) is 18.4. The summed E-state index contributed by atoms with van der Waals surface area (Å²) in [6, 6.07) is 10.6. The van der Waals surface area contributed by atoms with Crippen molar-refractivity contribution in [2.75, 3.05) is 16.4 Å². The number of carbonyl (C=O) groups excluding carboxylic acids is 2. The first-order valence-corrected chi connectivity index (χ1v) is 10.6. The van der Waals surface area contributed by atoms with Gasteiger partial charge in [0.1, 0.15) is 17.8 Å².